The predicted octanol–water partition coefficient (Wildman–Crippen LogP) is 6.52. The van der Waals surface area contributed by atoms with Crippen LogP contribution in [-0.2, 0) is 6.42 Å². The second-order valence-electron chi connectivity index (χ2n) is 5.35. The zero-order chi connectivity index (χ0) is 15.4. The molecule has 0 amide bonds. The Kier molecular flexibility index (Phi) is 5.66. The molecule has 0 nitrogen and oxygen atoms in total. The van der Waals surface area contributed by atoms with Crippen LogP contribution in [0.2, 0.25) is 5.02 Å². The van der Waals surface area contributed by atoms with E-state index in [0.29, 0.717) is 22.9 Å². The molecule has 0 fully saturated rings. The molecule has 0 aliphatic rings. The molecule has 0 saturated carbocycles. The fourth-order valence-electron chi connectivity index (χ4n) is 2.29. The van der Waals surface area contributed by atoms with Gasteiger partial charge in [0, 0.05) is 10.6 Å². The van der Waals surface area contributed by atoms with E-state index in [1.165, 1.54) is 11.6 Å². The van der Waals surface area contributed by atoms with E-state index in [4.69, 9.17) is 23.2 Å². The van der Waals surface area contributed by atoms with Crippen LogP contribution in [-0.4, -0.2) is 0 Å². The van der Waals surface area contributed by atoms with Gasteiger partial charge in [0.25, 0.3) is 0 Å². The highest BCUT2D eigenvalue weighted by Crippen LogP contribution is 2.30. The molecule has 0 radical (unpaired) electrons. The first kappa shape index (κ1) is 16.3. The summed E-state index contributed by atoms with van der Waals surface area (Å²) in [5.41, 5.74) is 2.77. The Bertz CT molecular complexity index is 572. The highest BCUT2D eigenvalue weighted by atomic mass is 35.5. The second kappa shape index (κ2) is 7.29. The molecule has 21 heavy (non-hydrogen) atoms. The van der Waals surface area contributed by atoms with Gasteiger partial charge in [-0.25, -0.2) is 4.39 Å². The van der Waals surface area contributed by atoms with Gasteiger partial charge in [0.2, 0.25) is 0 Å². The third kappa shape index (κ3) is 3.99. The molecule has 0 spiro atoms. The van der Waals surface area contributed by atoms with Crippen molar-refractivity contribution in [3.63, 3.8) is 0 Å². The fraction of sp³-hybridized carbons (Fsp3) is 0.333. The summed E-state index contributed by atoms with van der Waals surface area (Å²) < 4.78 is 13.8. The van der Waals surface area contributed by atoms with Gasteiger partial charge in [-0.05, 0) is 42.0 Å². The number of rotatable bonds is 5. The first-order valence-corrected chi connectivity index (χ1v) is 8.01. The maximum Gasteiger partial charge on any atom is 0.127 e. The van der Waals surface area contributed by atoms with Crippen LogP contribution in [0.1, 0.15) is 48.3 Å². The van der Waals surface area contributed by atoms with E-state index in [9.17, 15) is 4.39 Å². The van der Waals surface area contributed by atoms with Crippen molar-refractivity contribution in [3.05, 3.63) is 70.0 Å². The molecule has 0 bridgehead atoms. The Morgan fingerprint density at radius 2 is 1.67 bits per heavy atom. The minimum atomic E-state index is -0.302. The van der Waals surface area contributed by atoms with Crippen molar-refractivity contribution in [1.29, 1.82) is 0 Å². The summed E-state index contributed by atoms with van der Waals surface area (Å²) >= 11 is 12.5. The van der Waals surface area contributed by atoms with Crippen molar-refractivity contribution in [1.82, 2.24) is 0 Å². The first-order chi connectivity index (χ1) is 10.0. The maximum atomic E-state index is 13.8. The van der Waals surface area contributed by atoms with Crippen molar-refractivity contribution in [2.75, 3.05) is 0 Å². The summed E-state index contributed by atoms with van der Waals surface area (Å²) in [6.45, 7) is 4.37. The first-order valence-electron chi connectivity index (χ1n) is 7.19. The highest BCUT2D eigenvalue weighted by molar-refractivity contribution is 6.31. The lowest BCUT2D eigenvalue weighted by atomic mass is 9.96. The number of hydrogen-bond donors (Lipinski definition) is 0. The summed E-state index contributed by atoms with van der Waals surface area (Å²) in [5, 5.41) is 0.141. The van der Waals surface area contributed by atoms with E-state index in [-0.39, 0.29) is 11.2 Å². The molecule has 2 atom stereocenters. The van der Waals surface area contributed by atoms with Crippen LogP contribution in [0, 0.1) is 5.82 Å². The smallest absolute Gasteiger partial charge is 0.127 e. The van der Waals surface area contributed by atoms with Crippen LogP contribution < -0.4 is 0 Å². The summed E-state index contributed by atoms with van der Waals surface area (Å²) in [6.07, 6.45) is 1.49. The molecule has 2 aromatic rings. The van der Waals surface area contributed by atoms with Crippen LogP contribution in [0.25, 0.3) is 0 Å². The second-order valence-corrected chi connectivity index (χ2v) is 6.28. The molecule has 2 unspecified atom stereocenters. The number of halogens is 3. The maximum absolute atomic E-state index is 13.8. The molecule has 0 saturated heterocycles. The predicted molar refractivity (Wildman–Crippen MR) is 88.9 cm³/mol. The van der Waals surface area contributed by atoms with E-state index in [0.717, 1.165) is 12.0 Å². The lowest BCUT2D eigenvalue weighted by Gasteiger charge is -2.14. The molecule has 0 aliphatic carbocycles. The lowest BCUT2D eigenvalue weighted by Crippen LogP contribution is -2.00. The minimum Gasteiger partial charge on any atom is -0.207 e. The molecule has 0 aliphatic heterocycles. The van der Waals surface area contributed by atoms with E-state index in [1.807, 2.05) is 12.1 Å². The van der Waals surface area contributed by atoms with Gasteiger partial charge >= 0.3 is 0 Å². The Labute approximate surface area is 135 Å². The summed E-state index contributed by atoms with van der Waals surface area (Å²) in [4.78, 5) is 0. The molecule has 3 heteroatoms. The SMILES string of the molecule is CCC(C)c1ccc(C(Cl)Cc2c(F)cccc2Cl)cc1. The van der Waals surface area contributed by atoms with Gasteiger partial charge in [0.15, 0.2) is 0 Å². The summed E-state index contributed by atoms with van der Waals surface area (Å²) in [6, 6.07) is 12.9. The zero-order valence-corrected chi connectivity index (χ0v) is 13.8. The normalized spacial score (nSPS) is 14.0. The van der Waals surface area contributed by atoms with Crippen LogP contribution in [0.3, 0.4) is 0 Å². The zero-order valence-electron chi connectivity index (χ0n) is 12.2. The van der Waals surface area contributed by atoms with Crippen molar-refractivity contribution < 1.29 is 4.39 Å². The Hall–Kier alpha value is -1.05. The van der Waals surface area contributed by atoms with Crippen LogP contribution in [0.5, 0.6) is 0 Å². The Balaban J connectivity index is 2.15. The van der Waals surface area contributed by atoms with Gasteiger partial charge in [0.05, 0.1) is 5.38 Å². The van der Waals surface area contributed by atoms with Gasteiger partial charge in [-0.15, -0.1) is 11.6 Å². The van der Waals surface area contributed by atoms with Gasteiger partial charge in [0.1, 0.15) is 5.82 Å². The summed E-state index contributed by atoms with van der Waals surface area (Å²) in [5.74, 6) is 0.234. The summed E-state index contributed by atoms with van der Waals surface area (Å²) in [7, 11) is 0. The molecule has 112 valence electrons. The van der Waals surface area contributed by atoms with E-state index >= 15 is 0 Å². The van der Waals surface area contributed by atoms with Crippen LogP contribution >= 0.6 is 23.2 Å². The number of hydrogen-bond acceptors (Lipinski definition) is 0. The Morgan fingerprint density at radius 3 is 2.24 bits per heavy atom. The molecule has 2 rings (SSSR count). The fourth-order valence-corrected chi connectivity index (χ4v) is 2.83. The van der Waals surface area contributed by atoms with Gasteiger partial charge < -0.3 is 0 Å². The quantitative estimate of drug-likeness (QED) is 0.549. The van der Waals surface area contributed by atoms with Crippen molar-refractivity contribution in [2.24, 2.45) is 0 Å². The topological polar surface area (TPSA) is 0 Å². The average molecular weight is 325 g/mol. The standard InChI is InChI=1S/C18H19Cl2F/c1-3-12(2)13-7-9-14(10-8-13)17(20)11-15-16(19)5-4-6-18(15)21/h4-10,12,17H,3,11H2,1-2H3. The van der Waals surface area contributed by atoms with E-state index in [1.54, 1.807) is 12.1 Å². The Morgan fingerprint density at radius 1 is 1.05 bits per heavy atom. The number of benzene rings is 2. The van der Waals surface area contributed by atoms with Crippen LogP contribution in [0.15, 0.2) is 42.5 Å². The van der Waals surface area contributed by atoms with E-state index in [2.05, 4.69) is 26.0 Å². The van der Waals surface area contributed by atoms with Crippen molar-refractivity contribution in [3.8, 4) is 0 Å². The molecule has 2 aromatic carbocycles. The average Bonchev–Trinajstić information content (AvgIpc) is 2.50. The van der Waals surface area contributed by atoms with Crippen LogP contribution in [0.4, 0.5) is 4.39 Å². The largest absolute Gasteiger partial charge is 0.207 e. The van der Waals surface area contributed by atoms with E-state index < -0.39 is 0 Å². The monoisotopic (exact) mass is 324 g/mol. The lowest BCUT2D eigenvalue weighted by molar-refractivity contribution is 0.607. The number of alkyl halides is 1. The molecule has 0 N–H and O–H groups in total. The molecule has 0 heterocycles. The minimum absolute atomic E-state index is 0.287. The molecular weight excluding hydrogens is 306 g/mol. The van der Waals surface area contributed by atoms with Gasteiger partial charge in [-0.2, -0.15) is 0 Å². The molecular formula is C18H19Cl2F. The van der Waals surface area contributed by atoms with Gasteiger partial charge in [-0.3, -0.25) is 0 Å². The highest BCUT2D eigenvalue weighted by Gasteiger charge is 2.15. The third-order valence-electron chi connectivity index (χ3n) is 3.92. The van der Waals surface area contributed by atoms with Crippen molar-refractivity contribution in [2.45, 2.75) is 38.0 Å². The molecule has 0 aromatic heterocycles. The third-order valence-corrected chi connectivity index (χ3v) is 4.68. The van der Waals surface area contributed by atoms with Crippen molar-refractivity contribution >= 4 is 23.2 Å². The van der Waals surface area contributed by atoms with Gasteiger partial charge in [-0.1, -0.05) is 55.8 Å².